The van der Waals surface area contributed by atoms with Crippen LogP contribution in [0.2, 0.25) is 0 Å². The van der Waals surface area contributed by atoms with Gasteiger partial charge in [0.05, 0.1) is 0 Å². The molecule has 0 aromatic heterocycles. The van der Waals surface area contributed by atoms with Crippen molar-refractivity contribution in [3.8, 4) is 0 Å². The summed E-state index contributed by atoms with van der Waals surface area (Å²) in [7, 11) is 2.06. The molecule has 0 amide bonds. The molecule has 0 spiro atoms. The van der Waals surface area contributed by atoms with Gasteiger partial charge in [0.15, 0.2) is 0 Å². The smallest absolute Gasteiger partial charge is 0.00206 e. The normalized spacial score (nSPS) is 30.0. The molecule has 0 bridgehead atoms. The molecule has 1 atom stereocenters. The first-order valence-corrected chi connectivity index (χ1v) is 5.04. The van der Waals surface area contributed by atoms with Gasteiger partial charge >= 0.3 is 0 Å². The Morgan fingerprint density at radius 2 is 2.25 bits per heavy atom. The zero-order valence-electron chi connectivity index (χ0n) is 8.61. The number of rotatable bonds is 4. The Kier molecular flexibility index (Phi) is 3.53. The van der Waals surface area contributed by atoms with Gasteiger partial charge in [-0.1, -0.05) is 13.8 Å². The van der Waals surface area contributed by atoms with Gasteiger partial charge in [-0.15, -0.1) is 0 Å². The minimum Gasteiger partial charge on any atom is -0.319 e. The van der Waals surface area contributed by atoms with E-state index in [1.54, 1.807) is 0 Å². The number of hydrogen-bond donors (Lipinski definition) is 2. The third kappa shape index (κ3) is 2.46. The van der Waals surface area contributed by atoms with Crippen LogP contribution in [0.15, 0.2) is 0 Å². The monoisotopic (exact) mass is 170 g/mol. The summed E-state index contributed by atoms with van der Waals surface area (Å²) in [5, 5.41) is 6.78. The van der Waals surface area contributed by atoms with Crippen molar-refractivity contribution < 1.29 is 0 Å². The van der Waals surface area contributed by atoms with E-state index in [9.17, 15) is 0 Å². The highest BCUT2D eigenvalue weighted by molar-refractivity contribution is 4.89. The maximum Gasteiger partial charge on any atom is 0.00206 e. The van der Waals surface area contributed by atoms with Gasteiger partial charge in [-0.25, -0.2) is 0 Å². The molecule has 0 aromatic rings. The highest BCUT2D eigenvalue weighted by Crippen LogP contribution is 2.31. The van der Waals surface area contributed by atoms with Gasteiger partial charge in [-0.3, -0.25) is 0 Å². The van der Waals surface area contributed by atoms with E-state index in [2.05, 4.69) is 31.5 Å². The van der Waals surface area contributed by atoms with E-state index in [1.165, 1.54) is 25.9 Å². The Hall–Kier alpha value is -0.0800. The second-order valence-corrected chi connectivity index (χ2v) is 4.56. The maximum absolute atomic E-state index is 3.46. The number of hydrogen-bond acceptors (Lipinski definition) is 2. The summed E-state index contributed by atoms with van der Waals surface area (Å²) < 4.78 is 0. The van der Waals surface area contributed by atoms with Crippen molar-refractivity contribution in [1.29, 1.82) is 0 Å². The molecule has 1 fully saturated rings. The lowest BCUT2D eigenvalue weighted by Gasteiger charge is -2.29. The molecule has 1 aliphatic rings. The van der Waals surface area contributed by atoms with Crippen LogP contribution < -0.4 is 10.6 Å². The molecular weight excluding hydrogens is 148 g/mol. The van der Waals surface area contributed by atoms with Crippen LogP contribution >= 0.6 is 0 Å². The first kappa shape index (κ1) is 10.0. The average molecular weight is 170 g/mol. The summed E-state index contributed by atoms with van der Waals surface area (Å²) in [5.74, 6) is 0.818. The van der Waals surface area contributed by atoms with Crippen molar-refractivity contribution >= 4 is 0 Å². The third-order valence-corrected chi connectivity index (χ3v) is 2.73. The van der Waals surface area contributed by atoms with Crippen LogP contribution in [0, 0.1) is 11.3 Å². The fourth-order valence-corrected chi connectivity index (χ4v) is 2.43. The SMILES string of the molecule is CNCC1(CC(C)C)CCNC1. The molecular formula is C10H22N2. The van der Waals surface area contributed by atoms with E-state index < -0.39 is 0 Å². The van der Waals surface area contributed by atoms with Gasteiger partial charge < -0.3 is 10.6 Å². The molecule has 2 N–H and O–H groups in total. The van der Waals surface area contributed by atoms with Crippen LogP contribution in [0.3, 0.4) is 0 Å². The van der Waals surface area contributed by atoms with Gasteiger partial charge in [0.2, 0.25) is 0 Å². The quantitative estimate of drug-likeness (QED) is 0.663. The maximum atomic E-state index is 3.46. The van der Waals surface area contributed by atoms with Crippen molar-refractivity contribution in [2.24, 2.45) is 11.3 Å². The predicted molar refractivity (Wildman–Crippen MR) is 53.3 cm³/mol. The third-order valence-electron chi connectivity index (χ3n) is 2.73. The minimum atomic E-state index is 0.545. The average Bonchev–Trinajstić information content (AvgIpc) is 2.36. The van der Waals surface area contributed by atoms with Crippen molar-refractivity contribution in [3.05, 3.63) is 0 Å². The van der Waals surface area contributed by atoms with E-state index in [-0.39, 0.29) is 0 Å². The van der Waals surface area contributed by atoms with Crippen molar-refractivity contribution in [3.63, 3.8) is 0 Å². The Labute approximate surface area is 76.1 Å². The fraction of sp³-hybridized carbons (Fsp3) is 1.00. The van der Waals surface area contributed by atoms with Gasteiger partial charge in [-0.2, -0.15) is 0 Å². The summed E-state index contributed by atoms with van der Waals surface area (Å²) in [6.07, 6.45) is 2.69. The van der Waals surface area contributed by atoms with Gasteiger partial charge in [-0.05, 0) is 37.8 Å². The van der Waals surface area contributed by atoms with Crippen LogP contribution in [-0.2, 0) is 0 Å². The molecule has 12 heavy (non-hydrogen) atoms. The molecule has 0 saturated carbocycles. The predicted octanol–water partition coefficient (Wildman–Crippen LogP) is 1.23. The summed E-state index contributed by atoms with van der Waals surface area (Å²) in [5.41, 5.74) is 0.545. The van der Waals surface area contributed by atoms with Gasteiger partial charge in [0.1, 0.15) is 0 Å². The standard InChI is InChI=1S/C10H22N2/c1-9(2)6-10(7-11-3)4-5-12-8-10/h9,11-12H,4-8H2,1-3H3. The lowest BCUT2D eigenvalue weighted by molar-refractivity contribution is 0.249. The zero-order chi connectivity index (χ0) is 9.03. The van der Waals surface area contributed by atoms with E-state index in [0.717, 1.165) is 12.5 Å². The molecule has 1 saturated heterocycles. The topological polar surface area (TPSA) is 24.1 Å². The van der Waals surface area contributed by atoms with E-state index >= 15 is 0 Å². The van der Waals surface area contributed by atoms with Crippen molar-refractivity contribution in [2.75, 3.05) is 26.7 Å². The number of nitrogens with one attached hydrogen (secondary N) is 2. The fourth-order valence-electron chi connectivity index (χ4n) is 2.43. The van der Waals surface area contributed by atoms with E-state index in [4.69, 9.17) is 0 Å². The minimum absolute atomic E-state index is 0.545. The molecule has 72 valence electrons. The zero-order valence-corrected chi connectivity index (χ0v) is 8.61. The largest absolute Gasteiger partial charge is 0.319 e. The van der Waals surface area contributed by atoms with Gasteiger partial charge in [0, 0.05) is 13.1 Å². The molecule has 0 radical (unpaired) electrons. The second kappa shape index (κ2) is 4.24. The van der Waals surface area contributed by atoms with Crippen molar-refractivity contribution in [2.45, 2.75) is 26.7 Å². The molecule has 1 aliphatic heterocycles. The second-order valence-electron chi connectivity index (χ2n) is 4.56. The molecule has 1 heterocycles. The van der Waals surface area contributed by atoms with Crippen molar-refractivity contribution in [1.82, 2.24) is 10.6 Å². The Morgan fingerprint density at radius 1 is 1.50 bits per heavy atom. The first-order chi connectivity index (χ1) is 5.68. The van der Waals surface area contributed by atoms with E-state index in [1.807, 2.05) is 0 Å². The first-order valence-electron chi connectivity index (χ1n) is 5.04. The van der Waals surface area contributed by atoms with E-state index in [0.29, 0.717) is 5.41 Å². The van der Waals surface area contributed by atoms with Gasteiger partial charge in [0.25, 0.3) is 0 Å². The van der Waals surface area contributed by atoms with Crippen LogP contribution in [0.1, 0.15) is 26.7 Å². The Bertz CT molecular complexity index is 126. The Balaban J connectivity index is 2.46. The molecule has 0 aliphatic carbocycles. The molecule has 0 aromatic carbocycles. The molecule has 2 heteroatoms. The summed E-state index contributed by atoms with van der Waals surface area (Å²) in [6.45, 7) is 8.20. The summed E-state index contributed by atoms with van der Waals surface area (Å²) in [4.78, 5) is 0. The highest BCUT2D eigenvalue weighted by atomic mass is 15.0. The lowest BCUT2D eigenvalue weighted by Crippen LogP contribution is -2.35. The Morgan fingerprint density at radius 3 is 2.67 bits per heavy atom. The molecule has 2 nitrogen and oxygen atoms in total. The highest BCUT2D eigenvalue weighted by Gasteiger charge is 2.33. The lowest BCUT2D eigenvalue weighted by atomic mass is 9.79. The summed E-state index contributed by atoms with van der Waals surface area (Å²) >= 11 is 0. The van der Waals surface area contributed by atoms with Crippen LogP contribution in [0.25, 0.3) is 0 Å². The molecule has 1 unspecified atom stereocenters. The summed E-state index contributed by atoms with van der Waals surface area (Å²) in [6, 6.07) is 0. The van der Waals surface area contributed by atoms with Crippen LogP contribution in [0.5, 0.6) is 0 Å². The van der Waals surface area contributed by atoms with Crippen LogP contribution in [-0.4, -0.2) is 26.7 Å². The molecule has 1 rings (SSSR count). The van der Waals surface area contributed by atoms with Crippen LogP contribution in [0.4, 0.5) is 0 Å².